The zero-order chi connectivity index (χ0) is 22.2. The van der Waals surface area contributed by atoms with Gasteiger partial charge in [0, 0.05) is 17.7 Å². The Morgan fingerprint density at radius 3 is 1.94 bits per heavy atom. The number of primary amides is 1. The molecule has 0 saturated carbocycles. The van der Waals surface area contributed by atoms with Gasteiger partial charge in [-0.15, -0.1) is 0 Å². The van der Waals surface area contributed by atoms with Gasteiger partial charge in [0.05, 0.1) is 14.2 Å². The molecule has 0 fully saturated rings. The van der Waals surface area contributed by atoms with Crippen LogP contribution in [-0.4, -0.2) is 32.6 Å². The third-order valence-corrected chi connectivity index (χ3v) is 4.64. The van der Waals surface area contributed by atoms with Crippen LogP contribution in [0.5, 0.6) is 23.0 Å². The molecule has 3 N–H and O–H groups in total. The Kier molecular flexibility index (Phi) is 7.11. The van der Waals surface area contributed by atoms with Crippen LogP contribution < -0.4 is 25.3 Å². The van der Waals surface area contributed by atoms with Crippen LogP contribution in [0, 0.1) is 0 Å². The van der Waals surface area contributed by atoms with Crippen LogP contribution >= 0.6 is 0 Å². The average Bonchev–Trinajstić information content (AvgIpc) is 2.79. The van der Waals surface area contributed by atoms with Gasteiger partial charge in [0.1, 0.15) is 11.5 Å². The highest BCUT2D eigenvalue weighted by molar-refractivity contribution is 5.94. The second kappa shape index (κ2) is 10.2. The quantitative estimate of drug-likeness (QED) is 0.551. The van der Waals surface area contributed by atoms with Crippen molar-refractivity contribution in [2.24, 2.45) is 5.73 Å². The average molecular weight is 420 g/mol. The molecular weight excluding hydrogens is 396 g/mol. The van der Waals surface area contributed by atoms with Crippen LogP contribution in [0.25, 0.3) is 0 Å². The van der Waals surface area contributed by atoms with E-state index in [1.165, 1.54) is 0 Å². The maximum absolute atomic E-state index is 12.4. The fourth-order valence-corrected chi connectivity index (χ4v) is 2.96. The molecule has 3 aromatic rings. The zero-order valence-corrected chi connectivity index (χ0v) is 17.4. The lowest BCUT2D eigenvalue weighted by molar-refractivity contribution is 0.0952. The number of hydrogen-bond acceptors (Lipinski definition) is 5. The Balaban J connectivity index is 1.52. The molecule has 0 atom stereocenters. The molecular formula is C24H24N2O5. The number of nitrogens with two attached hydrogens (primary N) is 1. The summed E-state index contributed by atoms with van der Waals surface area (Å²) in [5.41, 5.74) is 7.20. The lowest BCUT2D eigenvalue weighted by Gasteiger charge is -2.10. The second-order valence-electron chi connectivity index (χ2n) is 6.71. The number of benzene rings is 3. The van der Waals surface area contributed by atoms with E-state index in [0.717, 1.165) is 5.56 Å². The van der Waals surface area contributed by atoms with Crippen LogP contribution in [0.15, 0.2) is 66.7 Å². The number of nitrogens with one attached hydrogen (secondary N) is 1. The summed E-state index contributed by atoms with van der Waals surface area (Å²) < 4.78 is 16.3. The van der Waals surface area contributed by atoms with Crippen LogP contribution in [-0.2, 0) is 6.42 Å². The number of amides is 2. The summed E-state index contributed by atoms with van der Waals surface area (Å²) in [6, 6.07) is 19.0. The Bertz CT molecular complexity index is 1050. The predicted molar refractivity (Wildman–Crippen MR) is 117 cm³/mol. The Labute approximate surface area is 180 Å². The first kappa shape index (κ1) is 21.7. The standard InChI is InChI=1S/C24H24N2O5/c1-29-21-12-3-16(15-22(21)30-2)13-14-26-24(28)18-6-10-20(11-7-18)31-19-8-4-17(5-9-19)23(25)27/h3-12,15H,13-14H2,1-2H3,(H2,25,27)(H,26,28). The minimum Gasteiger partial charge on any atom is -0.493 e. The Morgan fingerprint density at radius 2 is 1.39 bits per heavy atom. The molecule has 0 bridgehead atoms. The molecule has 0 saturated heterocycles. The van der Waals surface area contributed by atoms with Crippen molar-refractivity contribution >= 4 is 11.8 Å². The van der Waals surface area contributed by atoms with Gasteiger partial charge < -0.3 is 25.3 Å². The summed E-state index contributed by atoms with van der Waals surface area (Å²) in [4.78, 5) is 23.5. The molecule has 160 valence electrons. The van der Waals surface area contributed by atoms with Gasteiger partial charge in [0.15, 0.2) is 11.5 Å². The minimum atomic E-state index is -0.493. The fourth-order valence-electron chi connectivity index (χ4n) is 2.96. The van der Waals surface area contributed by atoms with E-state index in [2.05, 4.69) is 5.32 Å². The molecule has 0 heterocycles. The summed E-state index contributed by atoms with van der Waals surface area (Å²) >= 11 is 0. The van der Waals surface area contributed by atoms with Gasteiger partial charge >= 0.3 is 0 Å². The van der Waals surface area contributed by atoms with Gasteiger partial charge in [-0.05, 0) is 72.6 Å². The van der Waals surface area contributed by atoms with E-state index in [9.17, 15) is 9.59 Å². The van der Waals surface area contributed by atoms with Crippen LogP contribution in [0.1, 0.15) is 26.3 Å². The molecule has 3 aromatic carbocycles. The van der Waals surface area contributed by atoms with Crippen molar-refractivity contribution in [3.63, 3.8) is 0 Å². The first-order valence-electron chi connectivity index (χ1n) is 9.67. The van der Waals surface area contributed by atoms with Crippen molar-refractivity contribution in [3.8, 4) is 23.0 Å². The molecule has 31 heavy (non-hydrogen) atoms. The SMILES string of the molecule is COc1ccc(CCNC(=O)c2ccc(Oc3ccc(C(N)=O)cc3)cc2)cc1OC. The summed E-state index contributed by atoms with van der Waals surface area (Å²) in [7, 11) is 3.18. The Hall–Kier alpha value is -4.00. The highest BCUT2D eigenvalue weighted by Crippen LogP contribution is 2.27. The third-order valence-electron chi connectivity index (χ3n) is 4.64. The molecule has 0 spiro atoms. The Morgan fingerprint density at radius 1 is 0.806 bits per heavy atom. The number of carbonyl (C=O) groups is 2. The van der Waals surface area contributed by atoms with Crippen molar-refractivity contribution in [2.75, 3.05) is 20.8 Å². The molecule has 7 heteroatoms. The van der Waals surface area contributed by atoms with Gasteiger partial charge in [-0.3, -0.25) is 9.59 Å². The van der Waals surface area contributed by atoms with E-state index < -0.39 is 5.91 Å². The maximum atomic E-state index is 12.4. The van der Waals surface area contributed by atoms with E-state index in [-0.39, 0.29) is 5.91 Å². The number of rotatable bonds is 9. The highest BCUT2D eigenvalue weighted by atomic mass is 16.5. The monoisotopic (exact) mass is 420 g/mol. The molecule has 2 amide bonds. The lowest BCUT2D eigenvalue weighted by atomic mass is 10.1. The van der Waals surface area contributed by atoms with E-state index in [0.29, 0.717) is 47.1 Å². The summed E-state index contributed by atoms with van der Waals surface area (Å²) in [5.74, 6) is 1.81. The van der Waals surface area contributed by atoms with E-state index in [1.807, 2.05) is 18.2 Å². The third kappa shape index (κ3) is 5.76. The van der Waals surface area contributed by atoms with Crippen molar-refractivity contribution in [2.45, 2.75) is 6.42 Å². The van der Waals surface area contributed by atoms with Gasteiger partial charge in [0.2, 0.25) is 5.91 Å². The summed E-state index contributed by atoms with van der Waals surface area (Å²) in [5, 5.41) is 2.90. The second-order valence-corrected chi connectivity index (χ2v) is 6.71. The van der Waals surface area contributed by atoms with Crippen LogP contribution in [0.2, 0.25) is 0 Å². The lowest BCUT2D eigenvalue weighted by Crippen LogP contribution is -2.25. The number of ether oxygens (including phenoxy) is 3. The van der Waals surface area contributed by atoms with Crippen LogP contribution in [0.4, 0.5) is 0 Å². The highest BCUT2D eigenvalue weighted by Gasteiger charge is 2.08. The van der Waals surface area contributed by atoms with Crippen molar-refractivity contribution in [1.82, 2.24) is 5.32 Å². The predicted octanol–water partition coefficient (Wildman–Crippen LogP) is 3.57. The zero-order valence-electron chi connectivity index (χ0n) is 17.4. The summed E-state index contributed by atoms with van der Waals surface area (Å²) in [6.45, 7) is 0.485. The molecule has 3 rings (SSSR count). The first-order valence-corrected chi connectivity index (χ1v) is 9.67. The molecule has 0 aliphatic carbocycles. The van der Waals surface area contributed by atoms with Crippen molar-refractivity contribution < 1.29 is 23.8 Å². The van der Waals surface area contributed by atoms with Gasteiger partial charge in [0.25, 0.3) is 5.91 Å². The molecule has 7 nitrogen and oxygen atoms in total. The number of hydrogen-bond donors (Lipinski definition) is 2. The maximum Gasteiger partial charge on any atom is 0.251 e. The van der Waals surface area contributed by atoms with E-state index in [1.54, 1.807) is 62.8 Å². The molecule has 0 aromatic heterocycles. The normalized spacial score (nSPS) is 10.3. The van der Waals surface area contributed by atoms with Gasteiger partial charge in [-0.2, -0.15) is 0 Å². The molecule has 0 radical (unpaired) electrons. The van der Waals surface area contributed by atoms with Crippen LogP contribution in [0.3, 0.4) is 0 Å². The number of carbonyl (C=O) groups excluding carboxylic acids is 2. The van der Waals surface area contributed by atoms with Crippen molar-refractivity contribution in [3.05, 3.63) is 83.4 Å². The van der Waals surface area contributed by atoms with E-state index in [4.69, 9.17) is 19.9 Å². The van der Waals surface area contributed by atoms with E-state index >= 15 is 0 Å². The largest absolute Gasteiger partial charge is 0.493 e. The fraction of sp³-hybridized carbons (Fsp3) is 0.167. The van der Waals surface area contributed by atoms with Crippen molar-refractivity contribution in [1.29, 1.82) is 0 Å². The smallest absolute Gasteiger partial charge is 0.251 e. The van der Waals surface area contributed by atoms with Gasteiger partial charge in [-0.1, -0.05) is 6.07 Å². The van der Waals surface area contributed by atoms with Gasteiger partial charge in [-0.25, -0.2) is 0 Å². The minimum absolute atomic E-state index is 0.169. The summed E-state index contributed by atoms with van der Waals surface area (Å²) in [6.07, 6.45) is 0.661. The molecule has 0 unspecified atom stereocenters. The topological polar surface area (TPSA) is 99.9 Å². The molecule has 0 aliphatic rings. The number of methoxy groups -OCH3 is 2. The molecule has 0 aliphatic heterocycles. The first-order chi connectivity index (χ1) is 15.0.